The summed E-state index contributed by atoms with van der Waals surface area (Å²) in [6.45, 7) is 2.47. The van der Waals surface area contributed by atoms with E-state index in [0.717, 1.165) is 30.7 Å². The minimum atomic E-state index is -0.433. The van der Waals surface area contributed by atoms with E-state index in [2.05, 4.69) is 22.4 Å². The van der Waals surface area contributed by atoms with E-state index in [9.17, 15) is 10.1 Å². The first-order valence-corrected chi connectivity index (χ1v) is 7.89. The van der Waals surface area contributed by atoms with Gasteiger partial charge in [-0.15, -0.1) is 0 Å². The van der Waals surface area contributed by atoms with Gasteiger partial charge < -0.3 is 9.84 Å². The van der Waals surface area contributed by atoms with Gasteiger partial charge in [-0.05, 0) is 12.5 Å². The highest BCUT2D eigenvalue weighted by Gasteiger charge is 2.18. The molecule has 2 heterocycles. The lowest BCUT2D eigenvalue weighted by Crippen LogP contribution is -2.04. The zero-order chi connectivity index (χ0) is 16.9. The molecule has 0 amide bonds. The Kier molecular flexibility index (Phi) is 4.69. The number of aromatic nitrogens is 2. The molecule has 0 radical (unpaired) electrons. The fraction of sp³-hybridized carbons (Fsp3) is 0.294. The number of fused-ring (bicyclic) bond motifs is 1. The van der Waals surface area contributed by atoms with E-state index >= 15 is 0 Å². The summed E-state index contributed by atoms with van der Waals surface area (Å²) < 4.78 is 5.28. The predicted molar refractivity (Wildman–Crippen MR) is 90.8 cm³/mol. The van der Waals surface area contributed by atoms with Gasteiger partial charge in [-0.1, -0.05) is 36.7 Å². The van der Waals surface area contributed by atoms with Crippen molar-refractivity contribution in [2.24, 2.45) is 0 Å². The summed E-state index contributed by atoms with van der Waals surface area (Å²) in [5.74, 6) is 0.836. The number of hydrogen-bond donors (Lipinski definition) is 1. The molecule has 1 aromatic carbocycles. The maximum absolute atomic E-state index is 11.3. The SMILES string of the molecule is CCCCc1cc(CNc2c([N+](=O)[O-])cnc3ccccc23)no1. The van der Waals surface area contributed by atoms with Crippen LogP contribution in [0.2, 0.25) is 0 Å². The first-order chi connectivity index (χ1) is 11.7. The quantitative estimate of drug-likeness (QED) is 0.519. The lowest BCUT2D eigenvalue weighted by Gasteiger charge is -2.08. The van der Waals surface area contributed by atoms with Crippen LogP contribution in [0, 0.1) is 10.1 Å². The third-order valence-corrected chi connectivity index (χ3v) is 3.78. The van der Waals surface area contributed by atoms with E-state index in [1.807, 2.05) is 30.3 Å². The number of hydrogen-bond acceptors (Lipinski definition) is 6. The molecule has 0 aliphatic carbocycles. The number of aryl methyl sites for hydroxylation is 1. The van der Waals surface area contributed by atoms with Crippen molar-refractivity contribution >= 4 is 22.3 Å². The van der Waals surface area contributed by atoms with Crippen LogP contribution in [0.1, 0.15) is 31.2 Å². The molecule has 124 valence electrons. The Balaban J connectivity index is 1.85. The molecule has 0 spiro atoms. The molecule has 3 aromatic rings. The van der Waals surface area contributed by atoms with Crippen molar-refractivity contribution in [3.63, 3.8) is 0 Å². The van der Waals surface area contributed by atoms with Gasteiger partial charge in [0.05, 0.1) is 17.0 Å². The van der Waals surface area contributed by atoms with Crippen molar-refractivity contribution < 1.29 is 9.45 Å². The molecule has 0 unspecified atom stereocenters. The smallest absolute Gasteiger partial charge is 0.311 e. The number of nitrogens with one attached hydrogen (secondary N) is 1. The number of pyridine rings is 1. The number of rotatable bonds is 7. The number of anilines is 1. The Bertz CT molecular complexity index is 860. The topological polar surface area (TPSA) is 94.1 Å². The lowest BCUT2D eigenvalue weighted by molar-refractivity contribution is -0.384. The molecule has 2 aromatic heterocycles. The molecule has 0 atom stereocenters. The fourth-order valence-corrected chi connectivity index (χ4v) is 2.54. The number of nitrogens with zero attached hydrogens (tertiary/aromatic N) is 3. The van der Waals surface area contributed by atoms with E-state index in [0.29, 0.717) is 23.1 Å². The van der Waals surface area contributed by atoms with Crippen molar-refractivity contribution in [2.75, 3.05) is 5.32 Å². The average Bonchev–Trinajstić information content (AvgIpc) is 3.05. The number of para-hydroxylation sites is 1. The molecule has 0 bridgehead atoms. The number of unbranched alkanes of at least 4 members (excludes halogenated alkanes) is 1. The summed E-state index contributed by atoms with van der Waals surface area (Å²) in [6.07, 6.45) is 4.26. The highest BCUT2D eigenvalue weighted by molar-refractivity contribution is 5.95. The van der Waals surface area contributed by atoms with Crippen LogP contribution in [0.25, 0.3) is 10.9 Å². The Hall–Kier alpha value is -2.96. The van der Waals surface area contributed by atoms with Gasteiger partial charge in [0, 0.05) is 17.9 Å². The van der Waals surface area contributed by atoms with Gasteiger partial charge >= 0.3 is 5.69 Å². The van der Waals surface area contributed by atoms with Gasteiger partial charge in [-0.25, -0.2) is 4.98 Å². The summed E-state index contributed by atoms with van der Waals surface area (Å²) in [6, 6.07) is 9.20. The maximum Gasteiger partial charge on any atom is 0.311 e. The largest absolute Gasteiger partial charge is 0.373 e. The van der Waals surface area contributed by atoms with Crippen LogP contribution in [0.4, 0.5) is 11.4 Å². The molecule has 1 N–H and O–H groups in total. The van der Waals surface area contributed by atoms with E-state index in [-0.39, 0.29) is 5.69 Å². The number of nitro groups is 1. The highest BCUT2D eigenvalue weighted by atomic mass is 16.6. The Labute approximate surface area is 138 Å². The van der Waals surface area contributed by atoms with E-state index in [1.54, 1.807) is 0 Å². The van der Waals surface area contributed by atoms with Gasteiger partial charge in [-0.2, -0.15) is 0 Å². The zero-order valence-electron chi connectivity index (χ0n) is 13.4. The van der Waals surface area contributed by atoms with Crippen LogP contribution in [0.5, 0.6) is 0 Å². The maximum atomic E-state index is 11.3. The molecular formula is C17H18N4O3. The summed E-state index contributed by atoms with van der Waals surface area (Å²) in [7, 11) is 0. The molecule has 0 saturated carbocycles. The molecule has 3 rings (SSSR count). The first-order valence-electron chi connectivity index (χ1n) is 7.89. The predicted octanol–water partition coefficient (Wildman–Crippen LogP) is 4.09. The minimum Gasteiger partial charge on any atom is -0.373 e. The van der Waals surface area contributed by atoms with Crippen LogP contribution in [0.3, 0.4) is 0 Å². The van der Waals surface area contributed by atoms with E-state index in [4.69, 9.17) is 4.52 Å². The fourth-order valence-electron chi connectivity index (χ4n) is 2.54. The monoisotopic (exact) mass is 326 g/mol. The first kappa shape index (κ1) is 15.9. The average molecular weight is 326 g/mol. The lowest BCUT2D eigenvalue weighted by atomic mass is 10.1. The molecule has 0 fully saturated rings. The van der Waals surface area contributed by atoms with Crippen molar-refractivity contribution in [1.82, 2.24) is 10.1 Å². The standard InChI is InChI=1S/C17H18N4O3/c1-2-3-6-13-9-12(20-24-13)10-19-17-14-7-4-5-8-15(14)18-11-16(17)21(22)23/h4-5,7-9,11H,2-3,6,10H2,1H3,(H,18,19). The Morgan fingerprint density at radius 2 is 2.17 bits per heavy atom. The van der Waals surface area contributed by atoms with Crippen LogP contribution in [-0.4, -0.2) is 15.1 Å². The van der Waals surface area contributed by atoms with Gasteiger partial charge in [0.2, 0.25) is 0 Å². The van der Waals surface area contributed by atoms with Crippen molar-refractivity contribution in [2.45, 2.75) is 32.7 Å². The van der Waals surface area contributed by atoms with Gasteiger partial charge in [0.25, 0.3) is 0 Å². The molecule has 7 heteroatoms. The molecular weight excluding hydrogens is 308 g/mol. The van der Waals surface area contributed by atoms with Gasteiger partial charge in [0.15, 0.2) is 0 Å². The third-order valence-electron chi connectivity index (χ3n) is 3.78. The molecule has 7 nitrogen and oxygen atoms in total. The van der Waals surface area contributed by atoms with Crippen LogP contribution in [-0.2, 0) is 13.0 Å². The summed E-state index contributed by atoms with van der Waals surface area (Å²) >= 11 is 0. The van der Waals surface area contributed by atoms with Gasteiger partial charge in [-0.3, -0.25) is 10.1 Å². The molecule has 0 aliphatic rings. The van der Waals surface area contributed by atoms with Crippen molar-refractivity contribution in [3.05, 3.63) is 58.1 Å². The minimum absolute atomic E-state index is 0.0524. The second-order valence-corrected chi connectivity index (χ2v) is 5.53. The van der Waals surface area contributed by atoms with E-state index in [1.165, 1.54) is 6.20 Å². The summed E-state index contributed by atoms with van der Waals surface area (Å²) in [5.41, 5.74) is 1.82. The second-order valence-electron chi connectivity index (χ2n) is 5.53. The third kappa shape index (κ3) is 3.34. The zero-order valence-corrected chi connectivity index (χ0v) is 13.4. The second kappa shape index (κ2) is 7.08. The summed E-state index contributed by atoms with van der Waals surface area (Å²) in [5, 5.41) is 19.1. The Morgan fingerprint density at radius 1 is 1.33 bits per heavy atom. The molecule has 0 saturated heterocycles. The normalized spacial score (nSPS) is 10.9. The van der Waals surface area contributed by atoms with Crippen LogP contribution < -0.4 is 5.32 Å². The molecule has 0 aliphatic heterocycles. The van der Waals surface area contributed by atoms with Crippen molar-refractivity contribution in [3.8, 4) is 0 Å². The summed E-state index contributed by atoms with van der Waals surface area (Å²) in [4.78, 5) is 15.0. The van der Waals surface area contributed by atoms with Crippen LogP contribution in [0.15, 0.2) is 41.1 Å². The van der Waals surface area contributed by atoms with Gasteiger partial charge in [0.1, 0.15) is 23.3 Å². The van der Waals surface area contributed by atoms with Crippen molar-refractivity contribution in [1.29, 1.82) is 0 Å². The number of benzene rings is 1. The Morgan fingerprint density at radius 3 is 2.96 bits per heavy atom. The highest BCUT2D eigenvalue weighted by Crippen LogP contribution is 2.31. The van der Waals surface area contributed by atoms with Crippen LogP contribution >= 0.6 is 0 Å². The van der Waals surface area contributed by atoms with E-state index < -0.39 is 4.92 Å². The molecule has 24 heavy (non-hydrogen) atoms.